The molecule has 0 spiro atoms. The number of ether oxygens (including phenoxy) is 1. The number of nitrogens with zero attached hydrogens (tertiary/aromatic N) is 1. The van der Waals surface area contributed by atoms with Crippen LogP contribution in [0.2, 0.25) is 0 Å². The highest BCUT2D eigenvalue weighted by atomic mass is 79.9. The Kier molecular flexibility index (Phi) is 4.13. The maximum absolute atomic E-state index is 10.2. The Morgan fingerprint density at radius 1 is 1.60 bits per heavy atom. The van der Waals surface area contributed by atoms with Crippen molar-refractivity contribution in [2.45, 2.75) is 6.42 Å². The lowest BCUT2D eigenvalue weighted by molar-refractivity contribution is -0.137. The van der Waals surface area contributed by atoms with Crippen molar-refractivity contribution in [3.8, 4) is 11.8 Å². The second-order valence-electron chi connectivity index (χ2n) is 2.75. The molecule has 1 aromatic carbocycles. The minimum atomic E-state index is -0.903. The highest BCUT2D eigenvalue weighted by Gasteiger charge is 2.03. The Hall–Kier alpha value is -1.54. The summed E-state index contributed by atoms with van der Waals surface area (Å²) in [4.78, 5) is 10.2. The van der Waals surface area contributed by atoms with Gasteiger partial charge in [-0.15, -0.1) is 0 Å². The molecular weight excluding hydrogens is 262 g/mol. The lowest BCUT2D eigenvalue weighted by Crippen LogP contribution is -2.05. The van der Waals surface area contributed by atoms with Crippen LogP contribution in [-0.2, 0) is 4.79 Å². The molecule has 78 valence electrons. The smallest absolute Gasteiger partial charge is 0.306 e. The summed E-state index contributed by atoms with van der Waals surface area (Å²) < 4.78 is 5.86. The minimum Gasteiger partial charge on any atom is -0.492 e. The van der Waals surface area contributed by atoms with Crippen LogP contribution in [0.15, 0.2) is 22.7 Å². The SMILES string of the molecule is N#Cc1ccc(OCCC(=O)O)c(Br)c1. The minimum absolute atomic E-state index is 0.0492. The fourth-order valence-corrected chi connectivity index (χ4v) is 1.43. The van der Waals surface area contributed by atoms with E-state index in [0.29, 0.717) is 15.8 Å². The van der Waals surface area contributed by atoms with Crippen LogP contribution in [0.5, 0.6) is 5.75 Å². The van der Waals surface area contributed by atoms with Crippen molar-refractivity contribution in [1.29, 1.82) is 5.26 Å². The second-order valence-corrected chi connectivity index (χ2v) is 3.60. The predicted octanol–water partition coefficient (Wildman–Crippen LogP) is 2.17. The first kappa shape index (κ1) is 11.5. The number of carboxylic acids is 1. The first-order valence-electron chi connectivity index (χ1n) is 4.17. The molecule has 0 heterocycles. The molecule has 0 aromatic heterocycles. The first-order chi connectivity index (χ1) is 7.13. The van der Waals surface area contributed by atoms with E-state index in [1.54, 1.807) is 18.2 Å². The zero-order valence-corrected chi connectivity index (χ0v) is 9.32. The first-order valence-corrected chi connectivity index (χ1v) is 4.97. The maximum Gasteiger partial charge on any atom is 0.306 e. The predicted molar refractivity (Wildman–Crippen MR) is 56.6 cm³/mol. The van der Waals surface area contributed by atoms with Gasteiger partial charge in [-0.3, -0.25) is 4.79 Å². The van der Waals surface area contributed by atoms with E-state index >= 15 is 0 Å². The molecule has 15 heavy (non-hydrogen) atoms. The van der Waals surface area contributed by atoms with Gasteiger partial charge in [-0.25, -0.2) is 0 Å². The van der Waals surface area contributed by atoms with Gasteiger partial charge in [0.1, 0.15) is 5.75 Å². The van der Waals surface area contributed by atoms with Crippen LogP contribution in [-0.4, -0.2) is 17.7 Å². The van der Waals surface area contributed by atoms with Gasteiger partial charge in [0, 0.05) is 0 Å². The van der Waals surface area contributed by atoms with Crippen LogP contribution in [0.1, 0.15) is 12.0 Å². The average Bonchev–Trinajstić information content (AvgIpc) is 2.20. The molecule has 5 heteroatoms. The zero-order chi connectivity index (χ0) is 11.3. The van der Waals surface area contributed by atoms with Crippen LogP contribution in [0.4, 0.5) is 0 Å². The van der Waals surface area contributed by atoms with Crippen molar-refractivity contribution in [2.75, 3.05) is 6.61 Å². The van der Waals surface area contributed by atoms with Crippen molar-refractivity contribution < 1.29 is 14.6 Å². The number of halogens is 1. The summed E-state index contributed by atoms with van der Waals surface area (Å²) in [6.45, 7) is 0.111. The fraction of sp³-hybridized carbons (Fsp3) is 0.200. The molecule has 4 nitrogen and oxygen atoms in total. The van der Waals surface area contributed by atoms with Gasteiger partial charge >= 0.3 is 5.97 Å². The van der Waals surface area contributed by atoms with Crippen LogP contribution in [0.3, 0.4) is 0 Å². The van der Waals surface area contributed by atoms with Crippen molar-refractivity contribution in [1.82, 2.24) is 0 Å². The number of benzene rings is 1. The number of hydrogen-bond acceptors (Lipinski definition) is 3. The zero-order valence-electron chi connectivity index (χ0n) is 7.74. The van der Waals surface area contributed by atoms with Gasteiger partial charge in [0.25, 0.3) is 0 Å². The molecule has 0 radical (unpaired) electrons. The lowest BCUT2D eigenvalue weighted by Gasteiger charge is -2.06. The maximum atomic E-state index is 10.2. The molecule has 0 aliphatic rings. The summed E-state index contributed by atoms with van der Waals surface area (Å²) in [5, 5.41) is 17.0. The summed E-state index contributed by atoms with van der Waals surface area (Å²) in [7, 11) is 0. The van der Waals surface area contributed by atoms with Crippen LogP contribution < -0.4 is 4.74 Å². The fourth-order valence-electron chi connectivity index (χ4n) is 0.936. The van der Waals surface area contributed by atoms with Gasteiger partial charge in [0.2, 0.25) is 0 Å². The molecule has 0 saturated carbocycles. The summed E-state index contributed by atoms with van der Waals surface area (Å²) in [5.41, 5.74) is 0.521. The van der Waals surface area contributed by atoms with Gasteiger partial charge in [-0.1, -0.05) is 0 Å². The number of nitriles is 1. The van der Waals surface area contributed by atoms with E-state index < -0.39 is 5.97 Å². The van der Waals surface area contributed by atoms with Gasteiger partial charge < -0.3 is 9.84 Å². The third-order valence-corrected chi connectivity index (χ3v) is 2.25. The number of carboxylic acid groups (broad SMARTS) is 1. The molecule has 0 aliphatic carbocycles. The van der Waals surface area contributed by atoms with E-state index in [2.05, 4.69) is 15.9 Å². The normalized spacial score (nSPS) is 9.33. The van der Waals surface area contributed by atoms with Crippen molar-refractivity contribution >= 4 is 21.9 Å². The lowest BCUT2D eigenvalue weighted by atomic mass is 10.2. The van der Waals surface area contributed by atoms with Crippen molar-refractivity contribution in [3.63, 3.8) is 0 Å². The van der Waals surface area contributed by atoms with Crippen LogP contribution in [0, 0.1) is 11.3 Å². The number of aliphatic carboxylic acids is 1. The van der Waals surface area contributed by atoms with Gasteiger partial charge in [0.15, 0.2) is 0 Å². The Labute approximate surface area is 95.2 Å². The molecule has 0 aliphatic heterocycles. The Morgan fingerprint density at radius 3 is 2.87 bits per heavy atom. The molecule has 0 fully saturated rings. The number of rotatable bonds is 4. The Balaban J connectivity index is 2.63. The van der Waals surface area contributed by atoms with E-state index in [1.807, 2.05) is 6.07 Å². The van der Waals surface area contributed by atoms with E-state index in [0.717, 1.165) is 0 Å². The van der Waals surface area contributed by atoms with Crippen molar-refractivity contribution in [2.24, 2.45) is 0 Å². The molecule has 0 amide bonds. The number of carbonyl (C=O) groups is 1. The molecule has 0 saturated heterocycles. The topological polar surface area (TPSA) is 70.3 Å². The van der Waals surface area contributed by atoms with Gasteiger partial charge in [-0.2, -0.15) is 5.26 Å². The van der Waals surface area contributed by atoms with Crippen molar-refractivity contribution in [3.05, 3.63) is 28.2 Å². The molecular formula is C10H8BrNO3. The molecule has 1 N–H and O–H groups in total. The van der Waals surface area contributed by atoms with E-state index in [1.165, 1.54) is 0 Å². The molecule has 0 bridgehead atoms. The molecule has 1 aromatic rings. The highest BCUT2D eigenvalue weighted by molar-refractivity contribution is 9.10. The summed E-state index contributed by atoms with van der Waals surface area (Å²) in [5.74, 6) is -0.366. The quantitative estimate of drug-likeness (QED) is 0.910. The summed E-state index contributed by atoms with van der Waals surface area (Å²) in [6.07, 6.45) is -0.0492. The number of hydrogen-bond donors (Lipinski definition) is 1. The molecule has 0 atom stereocenters. The second kappa shape index (κ2) is 5.37. The van der Waals surface area contributed by atoms with E-state index in [9.17, 15) is 4.79 Å². The van der Waals surface area contributed by atoms with Crippen LogP contribution in [0.25, 0.3) is 0 Å². The summed E-state index contributed by atoms with van der Waals surface area (Å²) in [6, 6.07) is 6.85. The van der Waals surface area contributed by atoms with E-state index in [-0.39, 0.29) is 13.0 Å². The Bertz CT molecular complexity index is 412. The molecule has 1 rings (SSSR count). The average molecular weight is 270 g/mol. The third-order valence-electron chi connectivity index (χ3n) is 1.63. The standard InChI is InChI=1S/C10H8BrNO3/c11-8-5-7(6-12)1-2-9(8)15-4-3-10(13)14/h1-2,5H,3-4H2,(H,13,14). The largest absolute Gasteiger partial charge is 0.492 e. The van der Waals surface area contributed by atoms with Crippen LogP contribution >= 0.6 is 15.9 Å². The van der Waals surface area contributed by atoms with E-state index in [4.69, 9.17) is 15.1 Å². The third kappa shape index (κ3) is 3.60. The summed E-state index contributed by atoms with van der Waals surface area (Å²) >= 11 is 3.23. The Morgan fingerprint density at radius 2 is 2.33 bits per heavy atom. The monoisotopic (exact) mass is 269 g/mol. The highest BCUT2D eigenvalue weighted by Crippen LogP contribution is 2.25. The molecule has 0 unspecified atom stereocenters. The van der Waals surface area contributed by atoms with Gasteiger partial charge in [-0.05, 0) is 34.1 Å². The van der Waals surface area contributed by atoms with Gasteiger partial charge in [0.05, 0.1) is 29.1 Å².